The summed E-state index contributed by atoms with van der Waals surface area (Å²) < 4.78 is 5.17. The lowest BCUT2D eigenvalue weighted by Crippen LogP contribution is -2.53. The second kappa shape index (κ2) is 2.64. The molecule has 0 bridgehead atoms. The van der Waals surface area contributed by atoms with E-state index in [0.717, 1.165) is 19.4 Å². The Balaban J connectivity index is 2.37. The molecule has 1 fully saturated rings. The Morgan fingerprint density at radius 2 is 2.33 bits per heavy atom. The van der Waals surface area contributed by atoms with Crippen molar-refractivity contribution < 1.29 is 4.74 Å². The van der Waals surface area contributed by atoms with Gasteiger partial charge in [0.15, 0.2) is 0 Å². The molecule has 9 heavy (non-hydrogen) atoms. The molecular formula is C6H14N2O. The van der Waals surface area contributed by atoms with Gasteiger partial charge in [0, 0.05) is 13.2 Å². The highest BCUT2D eigenvalue weighted by Gasteiger charge is 2.25. The number of hydrogen-bond donors (Lipinski definition) is 2. The summed E-state index contributed by atoms with van der Waals surface area (Å²) in [6.07, 6.45) is 2.05. The predicted octanol–water partition coefficient (Wildman–Crippen LogP) is -0.547. The van der Waals surface area contributed by atoms with Gasteiger partial charge in [0.2, 0.25) is 0 Å². The molecule has 1 rings (SSSR count). The summed E-state index contributed by atoms with van der Waals surface area (Å²) in [5.41, 5.74) is 11.0. The Bertz CT molecular complexity index is 89.1. The molecule has 54 valence electrons. The quantitative estimate of drug-likeness (QED) is 0.501. The zero-order valence-electron chi connectivity index (χ0n) is 5.60. The minimum atomic E-state index is -0.224. The fraction of sp³-hybridized carbons (Fsp3) is 1.00. The van der Waals surface area contributed by atoms with Crippen molar-refractivity contribution in [2.75, 3.05) is 19.8 Å². The van der Waals surface area contributed by atoms with E-state index in [4.69, 9.17) is 16.2 Å². The lowest BCUT2D eigenvalue weighted by Gasteiger charge is -2.31. The zero-order valence-corrected chi connectivity index (χ0v) is 5.60. The van der Waals surface area contributed by atoms with Crippen molar-refractivity contribution in [3.63, 3.8) is 0 Å². The lowest BCUT2D eigenvalue weighted by atomic mass is 9.94. The van der Waals surface area contributed by atoms with Gasteiger partial charge < -0.3 is 16.2 Å². The molecule has 0 spiro atoms. The van der Waals surface area contributed by atoms with Crippen LogP contribution in [-0.2, 0) is 4.74 Å². The summed E-state index contributed by atoms with van der Waals surface area (Å²) in [6.45, 7) is 2.01. The first-order valence-corrected chi connectivity index (χ1v) is 3.33. The third-order valence-corrected chi connectivity index (χ3v) is 1.76. The Morgan fingerprint density at radius 1 is 1.56 bits per heavy atom. The van der Waals surface area contributed by atoms with Gasteiger partial charge in [0.25, 0.3) is 0 Å². The molecule has 3 nitrogen and oxygen atoms in total. The lowest BCUT2D eigenvalue weighted by molar-refractivity contribution is 0.0417. The van der Waals surface area contributed by atoms with Crippen molar-refractivity contribution >= 4 is 0 Å². The summed E-state index contributed by atoms with van der Waals surface area (Å²) in [7, 11) is 0. The van der Waals surface area contributed by atoms with Gasteiger partial charge in [-0.1, -0.05) is 0 Å². The van der Waals surface area contributed by atoms with Crippen molar-refractivity contribution in [3.8, 4) is 0 Å². The molecule has 1 heterocycles. The van der Waals surface area contributed by atoms with E-state index in [1.807, 2.05) is 0 Å². The monoisotopic (exact) mass is 130 g/mol. The smallest absolute Gasteiger partial charge is 0.0658 e. The standard InChI is InChI=1S/C6H14N2O/c7-4-6(8)2-1-3-9-5-6/h1-5,7-8H2. The van der Waals surface area contributed by atoms with Crippen molar-refractivity contribution in [3.05, 3.63) is 0 Å². The molecule has 0 aromatic carbocycles. The predicted molar refractivity (Wildman–Crippen MR) is 36.0 cm³/mol. The first-order chi connectivity index (χ1) is 4.27. The van der Waals surface area contributed by atoms with Gasteiger partial charge >= 0.3 is 0 Å². The van der Waals surface area contributed by atoms with Crippen molar-refractivity contribution in [1.82, 2.24) is 0 Å². The molecule has 0 aliphatic carbocycles. The van der Waals surface area contributed by atoms with E-state index in [0.29, 0.717) is 13.2 Å². The average molecular weight is 130 g/mol. The van der Waals surface area contributed by atoms with E-state index in [9.17, 15) is 0 Å². The van der Waals surface area contributed by atoms with E-state index in [2.05, 4.69) is 0 Å². The van der Waals surface area contributed by atoms with E-state index >= 15 is 0 Å². The summed E-state index contributed by atoms with van der Waals surface area (Å²) in [4.78, 5) is 0. The highest BCUT2D eigenvalue weighted by molar-refractivity contribution is 4.86. The fourth-order valence-electron chi connectivity index (χ4n) is 1.03. The van der Waals surface area contributed by atoms with E-state index in [1.165, 1.54) is 0 Å². The van der Waals surface area contributed by atoms with Gasteiger partial charge in [-0.3, -0.25) is 0 Å². The number of ether oxygens (including phenoxy) is 1. The van der Waals surface area contributed by atoms with Crippen LogP contribution in [0.2, 0.25) is 0 Å². The Morgan fingerprint density at radius 3 is 2.67 bits per heavy atom. The van der Waals surface area contributed by atoms with Gasteiger partial charge in [0.1, 0.15) is 0 Å². The molecular weight excluding hydrogens is 116 g/mol. The van der Waals surface area contributed by atoms with Crippen LogP contribution in [-0.4, -0.2) is 25.3 Å². The van der Waals surface area contributed by atoms with Gasteiger partial charge in [-0.15, -0.1) is 0 Å². The van der Waals surface area contributed by atoms with Crippen molar-refractivity contribution in [2.45, 2.75) is 18.4 Å². The molecule has 1 atom stereocenters. The summed E-state index contributed by atoms with van der Waals surface area (Å²) in [6, 6.07) is 0. The minimum absolute atomic E-state index is 0.224. The van der Waals surface area contributed by atoms with Crippen LogP contribution in [0.3, 0.4) is 0 Å². The maximum Gasteiger partial charge on any atom is 0.0658 e. The highest BCUT2D eigenvalue weighted by Crippen LogP contribution is 2.13. The topological polar surface area (TPSA) is 61.3 Å². The van der Waals surface area contributed by atoms with Crippen molar-refractivity contribution in [1.29, 1.82) is 0 Å². The molecule has 1 saturated heterocycles. The summed E-state index contributed by atoms with van der Waals surface area (Å²) in [5.74, 6) is 0. The minimum Gasteiger partial charge on any atom is -0.379 e. The molecule has 0 radical (unpaired) electrons. The van der Waals surface area contributed by atoms with E-state index in [-0.39, 0.29) is 5.54 Å². The maximum atomic E-state index is 5.81. The van der Waals surface area contributed by atoms with Crippen LogP contribution in [0, 0.1) is 0 Å². The fourth-order valence-corrected chi connectivity index (χ4v) is 1.03. The van der Waals surface area contributed by atoms with E-state index in [1.54, 1.807) is 0 Å². The molecule has 1 aliphatic heterocycles. The molecule has 4 N–H and O–H groups in total. The van der Waals surface area contributed by atoms with Crippen molar-refractivity contribution in [2.24, 2.45) is 11.5 Å². The molecule has 1 unspecified atom stereocenters. The van der Waals surface area contributed by atoms with E-state index < -0.39 is 0 Å². The average Bonchev–Trinajstić information content (AvgIpc) is 1.90. The molecule has 0 aromatic rings. The first kappa shape index (κ1) is 6.99. The van der Waals surface area contributed by atoms with Crippen LogP contribution in [0.4, 0.5) is 0 Å². The van der Waals surface area contributed by atoms with Crippen LogP contribution in [0.25, 0.3) is 0 Å². The third-order valence-electron chi connectivity index (χ3n) is 1.76. The Hall–Kier alpha value is -0.120. The third kappa shape index (κ3) is 1.64. The first-order valence-electron chi connectivity index (χ1n) is 3.33. The molecule has 0 aromatic heterocycles. The molecule has 3 heteroatoms. The number of hydrogen-bond acceptors (Lipinski definition) is 3. The van der Waals surface area contributed by atoms with Crippen LogP contribution in [0.5, 0.6) is 0 Å². The normalized spacial score (nSPS) is 36.7. The van der Waals surface area contributed by atoms with Crippen LogP contribution < -0.4 is 11.5 Å². The molecule has 1 aliphatic rings. The van der Waals surface area contributed by atoms with Crippen LogP contribution in [0.1, 0.15) is 12.8 Å². The summed E-state index contributed by atoms with van der Waals surface area (Å²) in [5, 5.41) is 0. The number of nitrogens with two attached hydrogens (primary N) is 2. The molecule has 0 saturated carbocycles. The second-order valence-corrected chi connectivity index (χ2v) is 2.72. The summed E-state index contributed by atoms with van der Waals surface area (Å²) >= 11 is 0. The van der Waals surface area contributed by atoms with Gasteiger partial charge in [-0.2, -0.15) is 0 Å². The van der Waals surface area contributed by atoms with Gasteiger partial charge in [0.05, 0.1) is 12.1 Å². The Labute approximate surface area is 55.4 Å². The van der Waals surface area contributed by atoms with Crippen LogP contribution >= 0.6 is 0 Å². The van der Waals surface area contributed by atoms with Gasteiger partial charge in [-0.25, -0.2) is 0 Å². The zero-order chi connectivity index (χ0) is 6.74. The highest BCUT2D eigenvalue weighted by atomic mass is 16.5. The van der Waals surface area contributed by atoms with Gasteiger partial charge in [-0.05, 0) is 12.8 Å². The number of rotatable bonds is 1. The largest absolute Gasteiger partial charge is 0.379 e. The second-order valence-electron chi connectivity index (χ2n) is 2.72. The Kier molecular flexibility index (Phi) is 2.05. The maximum absolute atomic E-state index is 5.81. The SMILES string of the molecule is NCC1(N)CCCOC1. The molecule has 0 amide bonds. The van der Waals surface area contributed by atoms with Crippen LogP contribution in [0.15, 0.2) is 0 Å².